The standard InChI is InChI=1S/C20H19N3O4S/c1-3-15-8-4-5-9-17(15)22(14(2)24)20-21-16(13-28-20)12-27-19-11-7-6-10-18(19)23(25)26/h4-11,13H,3,12H2,1-2H3. The van der Waals surface area contributed by atoms with Crippen LogP contribution in [0.1, 0.15) is 25.1 Å². The fraction of sp³-hybridized carbons (Fsp3) is 0.200. The van der Waals surface area contributed by atoms with Gasteiger partial charge in [0.25, 0.3) is 0 Å². The van der Waals surface area contributed by atoms with Gasteiger partial charge < -0.3 is 4.74 Å². The number of anilines is 2. The van der Waals surface area contributed by atoms with Gasteiger partial charge in [0.1, 0.15) is 6.61 Å². The van der Waals surface area contributed by atoms with E-state index in [1.54, 1.807) is 28.5 Å². The average molecular weight is 397 g/mol. The summed E-state index contributed by atoms with van der Waals surface area (Å²) in [6, 6.07) is 13.9. The molecule has 0 N–H and O–H groups in total. The second-order valence-electron chi connectivity index (χ2n) is 5.97. The summed E-state index contributed by atoms with van der Waals surface area (Å²) < 4.78 is 5.59. The average Bonchev–Trinajstić information content (AvgIpc) is 3.15. The van der Waals surface area contributed by atoms with Crippen LogP contribution < -0.4 is 9.64 Å². The van der Waals surface area contributed by atoms with Crippen molar-refractivity contribution in [3.63, 3.8) is 0 Å². The Balaban J connectivity index is 1.82. The summed E-state index contributed by atoms with van der Waals surface area (Å²) >= 11 is 1.33. The molecule has 0 bridgehead atoms. The monoisotopic (exact) mass is 397 g/mol. The Labute approximate surface area is 166 Å². The van der Waals surface area contributed by atoms with Crippen molar-refractivity contribution in [2.75, 3.05) is 4.90 Å². The maximum absolute atomic E-state index is 12.3. The molecule has 3 aromatic rings. The number of hydrogen-bond acceptors (Lipinski definition) is 6. The molecule has 1 heterocycles. The van der Waals surface area contributed by atoms with Gasteiger partial charge >= 0.3 is 5.69 Å². The Kier molecular flexibility index (Phi) is 6.00. The highest BCUT2D eigenvalue weighted by molar-refractivity contribution is 7.14. The molecule has 144 valence electrons. The predicted molar refractivity (Wildman–Crippen MR) is 108 cm³/mol. The zero-order valence-corrected chi connectivity index (χ0v) is 16.3. The van der Waals surface area contributed by atoms with Gasteiger partial charge in [0.15, 0.2) is 10.9 Å². The van der Waals surface area contributed by atoms with E-state index in [1.807, 2.05) is 31.2 Å². The van der Waals surface area contributed by atoms with Gasteiger partial charge in [-0.3, -0.25) is 19.8 Å². The largest absolute Gasteiger partial charge is 0.480 e. The van der Waals surface area contributed by atoms with Crippen LogP contribution in [-0.4, -0.2) is 15.8 Å². The van der Waals surface area contributed by atoms with E-state index in [-0.39, 0.29) is 24.0 Å². The first kappa shape index (κ1) is 19.5. The predicted octanol–water partition coefficient (Wildman–Crippen LogP) is 4.88. The van der Waals surface area contributed by atoms with E-state index in [4.69, 9.17) is 4.74 Å². The zero-order valence-electron chi connectivity index (χ0n) is 15.5. The number of benzene rings is 2. The van der Waals surface area contributed by atoms with Gasteiger partial charge in [-0.1, -0.05) is 37.3 Å². The number of hydrogen-bond donors (Lipinski definition) is 0. The first-order valence-electron chi connectivity index (χ1n) is 8.70. The van der Waals surface area contributed by atoms with E-state index in [0.717, 1.165) is 17.7 Å². The molecule has 28 heavy (non-hydrogen) atoms. The number of rotatable bonds is 7. The summed E-state index contributed by atoms with van der Waals surface area (Å²) in [4.78, 5) is 29.0. The van der Waals surface area contributed by atoms with Gasteiger partial charge in [0.05, 0.1) is 16.3 Å². The summed E-state index contributed by atoms with van der Waals surface area (Å²) in [6.07, 6.45) is 0.791. The number of aromatic nitrogens is 1. The minimum absolute atomic E-state index is 0.0719. The van der Waals surface area contributed by atoms with Gasteiger partial charge in [-0.05, 0) is 24.1 Å². The number of thiazole rings is 1. The molecule has 0 radical (unpaired) electrons. The quantitative estimate of drug-likeness (QED) is 0.419. The maximum Gasteiger partial charge on any atom is 0.310 e. The Morgan fingerprint density at radius 2 is 1.93 bits per heavy atom. The van der Waals surface area contributed by atoms with Gasteiger partial charge in [-0.15, -0.1) is 11.3 Å². The van der Waals surface area contributed by atoms with Crippen molar-refractivity contribution in [1.29, 1.82) is 0 Å². The summed E-state index contributed by atoms with van der Waals surface area (Å²) in [5, 5.41) is 13.4. The van der Waals surface area contributed by atoms with Gasteiger partial charge in [0, 0.05) is 18.4 Å². The van der Waals surface area contributed by atoms with Gasteiger partial charge in [-0.25, -0.2) is 4.98 Å². The molecular weight excluding hydrogens is 378 g/mol. The Hall–Kier alpha value is -3.26. The van der Waals surface area contributed by atoms with Crippen molar-refractivity contribution >= 4 is 33.8 Å². The minimum Gasteiger partial charge on any atom is -0.480 e. The molecule has 0 fully saturated rings. The van der Waals surface area contributed by atoms with Crippen molar-refractivity contribution in [2.24, 2.45) is 0 Å². The number of carbonyl (C=O) groups is 1. The van der Waals surface area contributed by atoms with Crippen molar-refractivity contribution in [3.05, 3.63) is 75.3 Å². The normalized spacial score (nSPS) is 10.5. The van der Waals surface area contributed by atoms with Crippen LogP contribution in [0.25, 0.3) is 0 Å². The lowest BCUT2D eigenvalue weighted by Gasteiger charge is -2.20. The van der Waals surface area contributed by atoms with E-state index < -0.39 is 4.92 Å². The fourth-order valence-corrected chi connectivity index (χ4v) is 3.65. The SMILES string of the molecule is CCc1ccccc1N(C(C)=O)c1nc(COc2ccccc2[N+](=O)[O-])cs1. The molecule has 0 saturated heterocycles. The van der Waals surface area contributed by atoms with E-state index in [1.165, 1.54) is 24.3 Å². The molecular formula is C20H19N3O4S. The van der Waals surface area contributed by atoms with E-state index in [2.05, 4.69) is 4.98 Å². The molecule has 0 unspecified atom stereocenters. The lowest BCUT2D eigenvalue weighted by atomic mass is 10.1. The number of amides is 1. The number of nitro groups is 1. The first-order valence-corrected chi connectivity index (χ1v) is 9.58. The lowest BCUT2D eigenvalue weighted by molar-refractivity contribution is -0.385. The highest BCUT2D eigenvalue weighted by Crippen LogP contribution is 2.32. The molecule has 0 aliphatic heterocycles. The molecule has 8 heteroatoms. The second kappa shape index (κ2) is 8.62. The van der Waals surface area contributed by atoms with Gasteiger partial charge in [0.2, 0.25) is 5.91 Å². The second-order valence-corrected chi connectivity index (χ2v) is 6.81. The van der Waals surface area contributed by atoms with Crippen LogP contribution in [-0.2, 0) is 17.8 Å². The smallest absolute Gasteiger partial charge is 0.310 e. The summed E-state index contributed by atoms with van der Waals surface area (Å²) in [7, 11) is 0. The molecule has 0 spiro atoms. The van der Waals surface area contributed by atoms with Crippen molar-refractivity contribution < 1.29 is 14.5 Å². The number of ether oxygens (including phenoxy) is 1. The van der Waals surface area contributed by atoms with Crippen LogP contribution in [0.4, 0.5) is 16.5 Å². The van der Waals surface area contributed by atoms with Gasteiger partial charge in [-0.2, -0.15) is 0 Å². The third-order valence-corrected chi connectivity index (χ3v) is 4.97. The number of aryl methyl sites for hydroxylation is 1. The van der Waals surface area contributed by atoms with Crippen molar-refractivity contribution in [3.8, 4) is 5.75 Å². The molecule has 1 aromatic heterocycles. The molecule has 1 amide bonds. The summed E-state index contributed by atoms with van der Waals surface area (Å²) in [5.41, 5.74) is 2.35. The fourth-order valence-electron chi connectivity index (χ4n) is 2.78. The van der Waals surface area contributed by atoms with Crippen molar-refractivity contribution in [2.45, 2.75) is 26.9 Å². The molecule has 0 aliphatic carbocycles. The molecule has 0 atom stereocenters. The number of para-hydroxylation sites is 3. The first-order chi connectivity index (χ1) is 13.5. The van der Waals surface area contributed by atoms with E-state index >= 15 is 0 Å². The Morgan fingerprint density at radius 3 is 2.64 bits per heavy atom. The van der Waals surface area contributed by atoms with Crippen LogP contribution in [0, 0.1) is 10.1 Å². The minimum atomic E-state index is -0.485. The Bertz CT molecular complexity index is 1000. The summed E-state index contributed by atoms with van der Waals surface area (Å²) in [5.74, 6) is 0.0446. The molecule has 0 aliphatic rings. The zero-order chi connectivity index (χ0) is 20.1. The van der Waals surface area contributed by atoms with Crippen LogP contribution in [0.3, 0.4) is 0 Å². The highest BCUT2D eigenvalue weighted by atomic mass is 32.1. The third kappa shape index (κ3) is 4.17. The van der Waals surface area contributed by atoms with Crippen LogP contribution in [0.5, 0.6) is 5.75 Å². The third-order valence-electron chi connectivity index (χ3n) is 4.10. The topological polar surface area (TPSA) is 85.6 Å². The van der Waals surface area contributed by atoms with Crippen molar-refractivity contribution in [1.82, 2.24) is 4.98 Å². The molecule has 2 aromatic carbocycles. The highest BCUT2D eigenvalue weighted by Gasteiger charge is 2.20. The number of nitro benzene ring substituents is 1. The molecule has 0 saturated carbocycles. The Morgan fingerprint density at radius 1 is 1.21 bits per heavy atom. The van der Waals surface area contributed by atoms with E-state index in [0.29, 0.717) is 10.8 Å². The van der Waals surface area contributed by atoms with E-state index in [9.17, 15) is 14.9 Å². The molecule has 3 rings (SSSR count). The van der Waals surface area contributed by atoms with Crippen LogP contribution in [0.15, 0.2) is 53.9 Å². The number of carbonyl (C=O) groups excluding carboxylic acids is 1. The number of nitrogens with zero attached hydrogens (tertiary/aromatic N) is 3. The summed E-state index contributed by atoms with van der Waals surface area (Å²) in [6.45, 7) is 3.60. The van der Waals surface area contributed by atoms with Crippen LogP contribution in [0.2, 0.25) is 0 Å². The maximum atomic E-state index is 12.3. The molecule has 7 nitrogen and oxygen atoms in total. The lowest BCUT2D eigenvalue weighted by Crippen LogP contribution is -2.23. The van der Waals surface area contributed by atoms with Crippen LogP contribution >= 0.6 is 11.3 Å².